The first-order chi connectivity index (χ1) is 9.45. The molecule has 2 unspecified atom stereocenters. The number of hydrogen-bond donors (Lipinski definition) is 2. The van der Waals surface area contributed by atoms with Crippen molar-refractivity contribution in [3.05, 3.63) is 0 Å². The number of carboxylic acid groups (broad SMARTS) is 1. The van der Waals surface area contributed by atoms with Crippen molar-refractivity contribution in [1.29, 1.82) is 0 Å². The van der Waals surface area contributed by atoms with Crippen molar-refractivity contribution in [2.24, 2.45) is 0 Å². The third kappa shape index (κ3) is 4.43. The van der Waals surface area contributed by atoms with Crippen molar-refractivity contribution in [3.8, 4) is 0 Å². The van der Waals surface area contributed by atoms with Gasteiger partial charge in [0.1, 0.15) is 5.54 Å². The molecule has 0 spiro atoms. The van der Waals surface area contributed by atoms with Gasteiger partial charge in [-0.2, -0.15) is 0 Å². The molecule has 1 fully saturated rings. The third-order valence-electron chi connectivity index (χ3n) is 4.39. The summed E-state index contributed by atoms with van der Waals surface area (Å²) in [6.45, 7) is 8.00. The first-order valence-corrected chi connectivity index (χ1v) is 7.82. The van der Waals surface area contributed by atoms with Gasteiger partial charge < -0.3 is 20.2 Å². The molecule has 5 heteroatoms. The Kier molecular flexibility index (Phi) is 6.92. The van der Waals surface area contributed by atoms with Crippen molar-refractivity contribution in [2.45, 2.75) is 51.1 Å². The number of likely N-dealkylation sites (N-methyl/N-ethyl adjacent to an activating group) is 1. The van der Waals surface area contributed by atoms with Gasteiger partial charge in [0, 0.05) is 6.04 Å². The van der Waals surface area contributed by atoms with Crippen LogP contribution in [0.5, 0.6) is 0 Å². The number of rotatable bonds is 9. The molecule has 0 saturated heterocycles. The van der Waals surface area contributed by atoms with Gasteiger partial charge in [0.15, 0.2) is 0 Å². The fourth-order valence-corrected chi connectivity index (χ4v) is 3.29. The molecular formula is C15H31N3O2. The molecule has 0 aromatic rings. The highest BCUT2D eigenvalue weighted by molar-refractivity contribution is 5.79. The zero-order valence-electron chi connectivity index (χ0n) is 13.5. The maximum absolute atomic E-state index is 11.6. The van der Waals surface area contributed by atoms with Gasteiger partial charge in [0.25, 0.3) is 0 Å². The number of carboxylic acids is 1. The zero-order valence-corrected chi connectivity index (χ0v) is 13.5. The van der Waals surface area contributed by atoms with Crippen LogP contribution in [-0.2, 0) is 4.79 Å². The van der Waals surface area contributed by atoms with Gasteiger partial charge in [-0.15, -0.1) is 0 Å². The lowest BCUT2D eigenvalue weighted by Gasteiger charge is -2.30. The monoisotopic (exact) mass is 285 g/mol. The lowest BCUT2D eigenvalue weighted by Crippen LogP contribution is -2.51. The van der Waals surface area contributed by atoms with Crippen LogP contribution < -0.4 is 5.32 Å². The van der Waals surface area contributed by atoms with Crippen LogP contribution in [0.3, 0.4) is 0 Å². The van der Waals surface area contributed by atoms with E-state index in [1.807, 2.05) is 6.92 Å². The van der Waals surface area contributed by atoms with Crippen LogP contribution in [0.25, 0.3) is 0 Å². The van der Waals surface area contributed by atoms with Gasteiger partial charge in [-0.25, -0.2) is 0 Å². The van der Waals surface area contributed by atoms with Crippen LogP contribution in [0.2, 0.25) is 0 Å². The van der Waals surface area contributed by atoms with Crippen LogP contribution >= 0.6 is 0 Å². The van der Waals surface area contributed by atoms with Crippen molar-refractivity contribution in [3.63, 3.8) is 0 Å². The molecule has 20 heavy (non-hydrogen) atoms. The van der Waals surface area contributed by atoms with E-state index in [1.165, 1.54) is 0 Å². The van der Waals surface area contributed by atoms with Crippen molar-refractivity contribution >= 4 is 5.97 Å². The summed E-state index contributed by atoms with van der Waals surface area (Å²) in [6, 6.07) is 0.400. The van der Waals surface area contributed by atoms with Gasteiger partial charge in [0.2, 0.25) is 0 Å². The van der Waals surface area contributed by atoms with Crippen LogP contribution in [0.1, 0.15) is 39.5 Å². The Balaban J connectivity index is 2.56. The first-order valence-electron chi connectivity index (χ1n) is 7.82. The third-order valence-corrected chi connectivity index (χ3v) is 4.39. The van der Waals surface area contributed by atoms with Crippen molar-refractivity contribution in [1.82, 2.24) is 15.1 Å². The summed E-state index contributed by atoms with van der Waals surface area (Å²) in [5.41, 5.74) is -0.700. The molecule has 0 heterocycles. The summed E-state index contributed by atoms with van der Waals surface area (Å²) in [5, 5.41) is 12.7. The van der Waals surface area contributed by atoms with Crippen molar-refractivity contribution in [2.75, 3.05) is 40.3 Å². The van der Waals surface area contributed by atoms with Gasteiger partial charge in [-0.1, -0.05) is 13.8 Å². The predicted molar refractivity (Wildman–Crippen MR) is 82.1 cm³/mol. The van der Waals surface area contributed by atoms with Crippen LogP contribution in [0.15, 0.2) is 0 Å². The average molecular weight is 285 g/mol. The Labute approximate surface area is 123 Å². The molecule has 0 radical (unpaired) electrons. The fraction of sp³-hybridized carbons (Fsp3) is 0.933. The molecule has 1 aliphatic rings. The van der Waals surface area contributed by atoms with Crippen molar-refractivity contribution < 1.29 is 9.90 Å². The highest BCUT2D eigenvalue weighted by Crippen LogP contribution is 2.33. The number of carbonyl (C=O) groups is 1. The summed E-state index contributed by atoms with van der Waals surface area (Å²) in [7, 11) is 4.18. The summed E-state index contributed by atoms with van der Waals surface area (Å²) >= 11 is 0. The highest BCUT2D eigenvalue weighted by Gasteiger charge is 2.46. The quantitative estimate of drug-likeness (QED) is 0.668. The van der Waals surface area contributed by atoms with Crippen LogP contribution in [-0.4, -0.2) is 72.7 Å². The van der Waals surface area contributed by atoms with E-state index in [0.29, 0.717) is 12.6 Å². The summed E-state index contributed by atoms with van der Waals surface area (Å²) in [5.74, 6) is -0.689. The predicted octanol–water partition coefficient (Wildman–Crippen LogP) is 1.25. The standard InChI is InChI=1S/C15H31N3O2/c1-5-16-15(14(19)20)9-8-13(12-15)18(6-2)11-7-10-17(3)4/h13,16H,5-12H2,1-4H3,(H,19,20). The Morgan fingerprint density at radius 2 is 2.05 bits per heavy atom. The van der Waals surface area contributed by atoms with Crippen LogP contribution in [0.4, 0.5) is 0 Å². The van der Waals surface area contributed by atoms with E-state index in [0.717, 1.165) is 45.3 Å². The topological polar surface area (TPSA) is 55.8 Å². The summed E-state index contributed by atoms with van der Waals surface area (Å²) in [4.78, 5) is 16.2. The minimum absolute atomic E-state index is 0.400. The summed E-state index contributed by atoms with van der Waals surface area (Å²) < 4.78 is 0. The van der Waals surface area contributed by atoms with E-state index >= 15 is 0 Å². The first kappa shape index (κ1) is 17.4. The molecule has 0 aromatic carbocycles. The Hall–Kier alpha value is -0.650. The number of aliphatic carboxylic acids is 1. The SMILES string of the molecule is CCNC1(C(=O)O)CCC(N(CC)CCCN(C)C)C1. The van der Waals surface area contributed by atoms with Crippen LogP contribution in [0, 0.1) is 0 Å². The number of nitrogens with one attached hydrogen (secondary N) is 1. The molecule has 118 valence electrons. The van der Waals surface area contributed by atoms with E-state index in [1.54, 1.807) is 0 Å². The number of nitrogens with zero attached hydrogens (tertiary/aromatic N) is 2. The zero-order chi connectivity index (χ0) is 15.2. The van der Waals surface area contributed by atoms with Gasteiger partial charge in [-0.3, -0.25) is 4.79 Å². The lowest BCUT2D eigenvalue weighted by atomic mass is 9.97. The minimum Gasteiger partial charge on any atom is -0.480 e. The van der Waals surface area contributed by atoms with Gasteiger partial charge >= 0.3 is 5.97 Å². The molecule has 0 amide bonds. The molecule has 1 rings (SSSR count). The molecular weight excluding hydrogens is 254 g/mol. The normalized spacial score (nSPS) is 26.6. The molecule has 5 nitrogen and oxygen atoms in total. The number of hydrogen-bond acceptors (Lipinski definition) is 4. The Bertz CT molecular complexity index is 309. The molecule has 1 saturated carbocycles. The Morgan fingerprint density at radius 1 is 1.35 bits per heavy atom. The van der Waals surface area contributed by atoms with E-state index in [2.05, 4.69) is 36.1 Å². The fourth-order valence-electron chi connectivity index (χ4n) is 3.29. The summed E-state index contributed by atoms with van der Waals surface area (Å²) in [6.07, 6.45) is 3.59. The van der Waals surface area contributed by atoms with E-state index < -0.39 is 11.5 Å². The maximum Gasteiger partial charge on any atom is 0.323 e. The molecule has 0 aromatic heterocycles. The largest absolute Gasteiger partial charge is 0.480 e. The Morgan fingerprint density at radius 3 is 2.55 bits per heavy atom. The highest BCUT2D eigenvalue weighted by atomic mass is 16.4. The minimum atomic E-state index is -0.700. The van der Waals surface area contributed by atoms with E-state index in [-0.39, 0.29) is 0 Å². The van der Waals surface area contributed by atoms with E-state index in [9.17, 15) is 9.90 Å². The van der Waals surface area contributed by atoms with Gasteiger partial charge in [-0.05, 0) is 66.0 Å². The molecule has 0 bridgehead atoms. The average Bonchev–Trinajstić information content (AvgIpc) is 2.80. The smallest absolute Gasteiger partial charge is 0.323 e. The molecule has 2 N–H and O–H groups in total. The van der Waals surface area contributed by atoms with Gasteiger partial charge in [0.05, 0.1) is 0 Å². The maximum atomic E-state index is 11.6. The van der Waals surface area contributed by atoms with E-state index in [4.69, 9.17) is 0 Å². The second-order valence-corrected chi connectivity index (χ2v) is 6.10. The molecule has 0 aliphatic heterocycles. The second-order valence-electron chi connectivity index (χ2n) is 6.10. The molecule has 1 aliphatic carbocycles. The lowest BCUT2D eigenvalue weighted by molar-refractivity contribution is -0.144. The molecule has 2 atom stereocenters. The second kappa shape index (κ2) is 7.96.